The van der Waals surface area contributed by atoms with Gasteiger partial charge < -0.3 is 15.2 Å². The molecule has 3 aromatic heterocycles. The number of pyridine rings is 1. The Kier molecular flexibility index (Phi) is 5.62. The van der Waals surface area contributed by atoms with Crippen LogP contribution in [0, 0.1) is 5.82 Å². The molecule has 2 radical (unpaired) electrons. The molecule has 9 heteroatoms. The largest absolute Gasteiger partial charge is 0.356 e. The van der Waals surface area contributed by atoms with E-state index in [-0.39, 0.29) is 17.4 Å². The van der Waals surface area contributed by atoms with Crippen molar-refractivity contribution in [2.24, 2.45) is 7.05 Å². The van der Waals surface area contributed by atoms with Gasteiger partial charge in [-0.15, -0.1) is 5.10 Å². The molecule has 3 heterocycles. The monoisotopic (exact) mass is 470 g/mol. The normalized spacial score (nSPS) is 12.2. The lowest BCUT2D eigenvalue weighted by Crippen LogP contribution is -2.31. The third-order valence-corrected chi connectivity index (χ3v) is 6.93. The molecule has 0 bridgehead atoms. The number of amides is 1. The van der Waals surface area contributed by atoms with Crippen LogP contribution in [0.2, 0.25) is 6.55 Å². The highest BCUT2D eigenvalue weighted by Gasteiger charge is 2.19. The smallest absolute Gasteiger partial charge is 0.253 e. The summed E-state index contributed by atoms with van der Waals surface area (Å²) in [6.45, 7) is 2.00. The highest BCUT2D eigenvalue weighted by molar-refractivity contribution is 6.36. The van der Waals surface area contributed by atoms with E-state index >= 15 is 0 Å². The van der Waals surface area contributed by atoms with Crippen LogP contribution < -0.4 is 10.6 Å². The number of rotatable bonds is 6. The molecular weight excluding hydrogens is 447 g/mol. The predicted octanol–water partition coefficient (Wildman–Crippen LogP) is 4.25. The molecule has 0 saturated carbocycles. The number of fused-ring (bicyclic) bond motifs is 2. The molecule has 1 atom stereocenters. The summed E-state index contributed by atoms with van der Waals surface area (Å²) in [6, 6.07) is 16.4. The Morgan fingerprint density at radius 2 is 1.94 bits per heavy atom. The van der Waals surface area contributed by atoms with Gasteiger partial charge in [0.15, 0.2) is 5.65 Å². The van der Waals surface area contributed by atoms with Crippen molar-refractivity contribution in [3.63, 3.8) is 0 Å². The zero-order valence-electron chi connectivity index (χ0n) is 19.0. The van der Waals surface area contributed by atoms with Gasteiger partial charge in [0, 0.05) is 43.1 Å². The molecule has 0 aliphatic rings. The van der Waals surface area contributed by atoms with E-state index in [1.165, 1.54) is 12.1 Å². The number of carbonyl (C=O) groups excluding carboxylic acids is 1. The van der Waals surface area contributed by atoms with Crippen molar-refractivity contribution >= 4 is 37.9 Å². The van der Waals surface area contributed by atoms with E-state index in [2.05, 4.69) is 20.7 Å². The summed E-state index contributed by atoms with van der Waals surface area (Å²) in [7, 11) is 4.09. The molecule has 170 valence electrons. The third kappa shape index (κ3) is 3.94. The summed E-state index contributed by atoms with van der Waals surface area (Å²) < 4.78 is 17.4. The molecule has 5 rings (SSSR count). The minimum absolute atomic E-state index is 0.182. The number of hydrogen-bond acceptors (Lipinski definition) is 4. The third-order valence-electron chi connectivity index (χ3n) is 5.87. The lowest BCUT2D eigenvalue weighted by molar-refractivity contribution is 0.0949. The summed E-state index contributed by atoms with van der Waals surface area (Å²) in [4.78, 5) is 17.8. The van der Waals surface area contributed by atoms with Crippen LogP contribution in [-0.2, 0) is 7.05 Å². The summed E-state index contributed by atoms with van der Waals surface area (Å²) in [5.41, 5.74) is 4.73. The number of nitrogens with one attached hydrogen (secondary N) is 2. The maximum absolute atomic E-state index is 13.7. The number of benzene rings is 2. The van der Waals surface area contributed by atoms with Crippen LogP contribution in [-0.4, -0.2) is 41.6 Å². The van der Waals surface area contributed by atoms with Gasteiger partial charge in [0.05, 0.1) is 15.1 Å². The summed E-state index contributed by atoms with van der Waals surface area (Å²) in [6.07, 6.45) is 3.71. The molecule has 2 aromatic carbocycles. The fourth-order valence-corrected chi connectivity index (χ4v) is 4.93. The van der Waals surface area contributed by atoms with E-state index in [1.54, 1.807) is 17.6 Å². The average Bonchev–Trinajstić information content (AvgIpc) is 3.42. The molecule has 0 spiro atoms. The van der Waals surface area contributed by atoms with Crippen molar-refractivity contribution in [3.05, 3.63) is 83.9 Å². The van der Waals surface area contributed by atoms with Gasteiger partial charge in [0.2, 0.25) is 5.95 Å². The van der Waals surface area contributed by atoms with Crippen LogP contribution in [0.25, 0.3) is 27.7 Å². The zero-order valence-corrected chi connectivity index (χ0v) is 20.0. The summed E-state index contributed by atoms with van der Waals surface area (Å²) in [5.74, 6) is 0.0633. The zero-order chi connectivity index (χ0) is 23.8. The minimum Gasteiger partial charge on any atom is -0.356 e. The molecule has 2 N–H and O–H groups in total. The molecular formula is C25H23FN6OSi. The van der Waals surface area contributed by atoms with Crippen molar-refractivity contribution in [1.82, 2.24) is 24.5 Å². The van der Waals surface area contributed by atoms with Crippen molar-refractivity contribution in [2.45, 2.75) is 12.2 Å². The minimum atomic E-state index is -0.309. The van der Waals surface area contributed by atoms with Crippen molar-refractivity contribution in [3.8, 4) is 11.1 Å². The Balaban J connectivity index is 1.51. The predicted molar refractivity (Wildman–Crippen MR) is 133 cm³/mol. The van der Waals surface area contributed by atoms with Gasteiger partial charge in [0.25, 0.3) is 5.91 Å². The number of aryl methyl sites for hydroxylation is 1. The Bertz CT molecular complexity index is 1520. The molecule has 1 amide bonds. The highest BCUT2D eigenvalue weighted by Crippen LogP contribution is 2.29. The Morgan fingerprint density at radius 1 is 1.12 bits per heavy atom. The number of aromatic nitrogens is 4. The summed E-state index contributed by atoms with van der Waals surface area (Å²) in [5, 5.41) is 11.2. The second-order valence-corrected chi connectivity index (χ2v) is 9.19. The number of halogens is 1. The van der Waals surface area contributed by atoms with Gasteiger partial charge in [-0.3, -0.25) is 4.79 Å². The van der Waals surface area contributed by atoms with Gasteiger partial charge >= 0.3 is 0 Å². The molecule has 0 fully saturated rings. The standard InChI is InChI=1S/C25H23FN6OSi/c1-27-25-28-22-13-16(9-10-32(22)30-25)15-7-8-21-19(12-15)20(14-31(21)2)23(33)29-24(34-3)17-5-4-6-18(26)11-17/h4-14,24H,1-3H3,(H,27,30)(H,29,33). The van der Waals surface area contributed by atoms with Crippen LogP contribution in [0.5, 0.6) is 0 Å². The van der Waals surface area contributed by atoms with Crippen molar-refractivity contribution in [2.75, 3.05) is 12.4 Å². The van der Waals surface area contributed by atoms with E-state index < -0.39 is 0 Å². The molecule has 5 aromatic rings. The number of anilines is 1. The Labute approximate surface area is 198 Å². The lowest BCUT2D eigenvalue weighted by atomic mass is 10.0. The second kappa shape index (κ2) is 8.75. The first-order chi connectivity index (χ1) is 16.5. The Hall–Kier alpha value is -3.98. The van der Waals surface area contributed by atoms with E-state index in [9.17, 15) is 9.18 Å². The number of nitrogens with zero attached hydrogens (tertiary/aromatic N) is 4. The Morgan fingerprint density at radius 3 is 2.71 bits per heavy atom. The van der Waals surface area contributed by atoms with Gasteiger partial charge in [0.1, 0.15) is 5.82 Å². The first-order valence-corrected chi connectivity index (χ1v) is 12.4. The second-order valence-electron chi connectivity index (χ2n) is 8.04. The summed E-state index contributed by atoms with van der Waals surface area (Å²) >= 11 is 0. The molecule has 0 aliphatic carbocycles. The molecule has 7 nitrogen and oxygen atoms in total. The van der Waals surface area contributed by atoms with Crippen LogP contribution in [0.3, 0.4) is 0 Å². The SMILES string of the molecule is CNc1nc2cc(-c3ccc4c(c3)c(C(=O)NC([Si]C)c3cccc(F)c3)cn4C)ccn2n1. The van der Waals surface area contributed by atoms with Crippen LogP contribution in [0.4, 0.5) is 10.3 Å². The first-order valence-electron chi connectivity index (χ1n) is 10.8. The van der Waals surface area contributed by atoms with E-state index in [0.29, 0.717) is 21.0 Å². The topological polar surface area (TPSA) is 76.2 Å². The van der Waals surface area contributed by atoms with Crippen LogP contribution >= 0.6 is 0 Å². The molecule has 0 aliphatic heterocycles. The fraction of sp³-hybridized carbons (Fsp3) is 0.160. The van der Waals surface area contributed by atoms with Gasteiger partial charge in [-0.2, -0.15) is 4.98 Å². The molecule has 0 saturated heterocycles. The number of carbonyl (C=O) groups is 1. The highest BCUT2D eigenvalue weighted by atomic mass is 28.2. The van der Waals surface area contributed by atoms with Crippen LogP contribution in [0.1, 0.15) is 21.6 Å². The van der Waals surface area contributed by atoms with E-state index in [4.69, 9.17) is 0 Å². The quantitative estimate of drug-likeness (QED) is 0.364. The van der Waals surface area contributed by atoms with Gasteiger partial charge in [-0.1, -0.05) is 24.7 Å². The maximum Gasteiger partial charge on any atom is 0.253 e. The fourth-order valence-electron chi connectivity index (χ4n) is 4.14. The van der Waals surface area contributed by atoms with Gasteiger partial charge in [-0.05, 0) is 53.1 Å². The first kappa shape index (κ1) is 21.8. The van der Waals surface area contributed by atoms with Gasteiger partial charge in [-0.25, -0.2) is 8.91 Å². The van der Waals surface area contributed by atoms with Crippen molar-refractivity contribution < 1.29 is 9.18 Å². The van der Waals surface area contributed by atoms with Crippen molar-refractivity contribution in [1.29, 1.82) is 0 Å². The maximum atomic E-state index is 13.7. The molecule has 1 unspecified atom stereocenters. The molecule has 34 heavy (non-hydrogen) atoms. The van der Waals surface area contributed by atoms with E-state index in [1.807, 2.05) is 67.0 Å². The lowest BCUT2D eigenvalue weighted by Gasteiger charge is -2.17. The van der Waals surface area contributed by atoms with Crippen LogP contribution in [0.15, 0.2) is 67.0 Å². The average molecular weight is 471 g/mol. The number of hydrogen-bond donors (Lipinski definition) is 2. The van der Waals surface area contributed by atoms with E-state index in [0.717, 1.165) is 33.2 Å².